The highest BCUT2D eigenvalue weighted by Gasteiger charge is 2.29. The first kappa shape index (κ1) is 29.3. The van der Waals surface area contributed by atoms with Gasteiger partial charge in [0.2, 0.25) is 0 Å². The number of nitrogens with one attached hydrogen (secondary N) is 1. The zero-order valence-electron chi connectivity index (χ0n) is 25.0. The lowest BCUT2D eigenvalue weighted by Gasteiger charge is -2.32. The first-order valence-electron chi connectivity index (χ1n) is 15.1. The van der Waals surface area contributed by atoms with Crippen LogP contribution in [0.5, 0.6) is 5.75 Å². The Kier molecular flexibility index (Phi) is 8.86. The molecule has 0 radical (unpaired) electrons. The summed E-state index contributed by atoms with van der Waals surface area (Å²) in [4.78, 5) is 36.9. The largest absolute Gasteiger partial charge is 0.415 e. The predicted molar refractivity (Wildman–Crippen MR) is 172 cm³/mol. The molecule has 2 amide bonds. The Labute approximate surface area is 258 Å². The van der Waals surface area contributed by atoms with E-state index >= 15 is 0 Å². The van der Waals surface area contributed by atoms with Gasteiger partial charge in [-0.25, -0.2) is 9.78 Å². The molecular formula is C35H38N6O3. The van der Waals surface area contributed by atoms with Gasteiger partial charge in [-0.05, 0) is 53.9 Å². The molecule has 3 N–H and O–H groups in total. The van der Waals surface area contributed by atoms with Crippen LogP contribution in [0.3, 0.4) is 0 Å². The number of benzene rings is 3. The van der Waals surface area contributed by atoms with E-state index in [1.165, 1.54) is 5.56 Å². The van der Waals surface area contributed by atoms with Crippen LogP contribution in [0, 0.1) is 0 Å². The average molecular weight is 591 g/mol. The summed E-state index contributed by atoms with van der Waals surface area (Å²) >= 11 is 0. The zero-order valence-corrected chi connectivity index (χ0v) is 25.0. The van der Waals surface area contributed by atoms with Crippen LogP contribution in [0.1, 0.15) is 22.3 Å². The summed E-state index contributed by atoms with van der Waals surface area (Å²) in [5.41, 5.74) is 11.5. The van der Waals surface area contributed by atoms with Gasteiger partial charge in [-0.3, -0.25) is 9.69 Å². The Bertz CT molecular complexity index is 1600. The van der Waals surface area contributed by atoms with Crippen LogP contribution >= 0.6 is 0 Å². The van der Waals surface area contributed by atoms with E-state index in [-0.39, 0.29) is 17.8 Å². The lowest BCUT2D eigenvalue weighted by molar-refractivity contribution is 0.0937. The van der Waals surface area contributed by atoms with Gasteiger partial charge in [-0.15, -0.1) is 0 Å². The summed E-state index contributed by atoms with van der Waals surface area (Å²) in [7, 11) is 2.16. The van der Waals surface area contributed by atoms with Gasteiger partial charge in [0.15, 0.2) is 0 Å². The van der Waals surface area contributed by atoms with Gasteiger partial charge < -0.3 is 25.6 Å². The van der Waals surface area contributed by atoms with E-state index in [1.807, 2.05) is 48.5 Å². The van der Waals surface area contributed by atoms with Crippen molar-refractivity contribution in [1.82, 2.24) is 25.0 Å². The van der Waals surface area contributed by atoms with Gasteiger partial charge in [0.25, 0.3) is 5.91 Å². The predicted octanol–water partition coefficient (Wildman–Crippen LogP) is 4.75. The molecule has 1 atom stereocenters. The van der Waals surface area contributed by atoms with Crippen LogP contribution in [0.2, 0.25) is 0 Å². The van der Waals surface area contributed by atoms with Gasteiger partial charge in [-0.2, -0.15) is 0 Å². The second-order valence-corrected chi connectivity index (χ2v) is 11.6. The minimum Gasteiger partial charge on any atom is -0.410 e. The highest BCUT2D eigenvalue weighted by atomic mass is 16.6. The van der Waals surface area contributed by atoms with Crippen LogP contribution in [0.4, 0.5) is 10.6 Å². The van der Waals surface area contributed by atoms with Crippen molar-refractivity contribution in [3.8, 4) is 28.0 Å². The summed E-state index contributed by atoms with van der Waals surface area (Å²) in [6, 6.07) is 27.4. The van der Waals surface area contributed by atoms with E-state index in [2.05, 4.69) is 51.4 Å². The minimum absolute atomic E-state index is 0.172. The number of nitrogens with zero attached hydrogens (tertiary/aromatic N) is 4. The summed E-state index contributed by atoms with van der Waals surface area (Å²) in [5.74, 6) is 0.344. The number of hydrogen-bond acceptors (Lipinski definition) is 7. The molecule has 1 aromatic heterocycles. The molecule has 2 saturated heterocycles. The standard InChI is InChI=1S/C35H38N6O3/c1-39-16-18-40(19-17-39)23-25-10-12-27(13-11-25)29-21-32(33(36)37-22-29)34(42)38-30-14-15-41(24-30)35(43)44-31-9-5-8-28(20-31)26-6-3-2-4-7-26/h2-13,20-22,30H,14-19,23-24H2,1H3,(H2,36,37)(H,38,42)/t30-/m1/s1. The lowest BCUT2D eigenvalue weighted by atomic mass is 10.0. The normalized spacial score (nSPS) is 17.4. The van der Waals surface area contributed by atoms with Crippen molar-refractivity contribution in [2.45, 2.75) is 19.0 Å². The van der Waals surface area contributed by atoms with Crippen molar-refractivity contribution >= 4 is 17.8 Å². The molecule has 6 rings (SSSR count). The number of piperazine rings is 1. The Morgan fingerprint density at radius 1 is 0.864 bits per heavy atom. The van der Waals surface area contributed by atoms with Gasteiger partial charge in [-0.1, -0.05) is 66.7 Å². The van der Waals surface area contributed by atoms with E-state index in [1.54, 1.807) is 23.2 Å². The van der Waals surface area contributed by atoms with E-state index in [0.717, 1.165) is 55.0 Å². The maximum atomic E-state index is 13.3. The smallest absolute Gasteiger partial charge is 0.410 e. The monoisotopic (exact) mass is 590 g/mol. The van der Waals surface area contributed by atoms with Crippen LogP contribution < -0.4 is 15.8 Å². The van der Waals surface area contributed by atoms with E-state index in [4.69, 9.17) is 10.5 Å². The van der Waals surface area contributed by atoms with E-state index in [0.29, 0.717) is 30.8 Å². The number of hydrogen-bond donors (Lipinski definition) is 2. The third-order valence-corrected chi connectivity index (χ3v) is 8.38. The van der Waals surface area contributed by atoms with Crippen molar-refractivity contribution in [1.29, 1.82) is 0 Å². The third-order valence-electron chi connectivity index (χ3n) is 8.38. The van der Waals surface area contributed by atoms with E-state index in [9.17, 15) is 9.59 Å². The molecule has 3 heterocycles. The quantitative estimate of drug-likeness (QED) is 0.320. The molecule has 44 heavy (non-hydrogen) atoms. The van der Waals surface area contributed by atoms with Crippen molar-refractivity contribution in [3.63, 3.8) is 0 Å². The Morgan fingerprint density at radius 2 is 1.59 bits per heavy atom. The number of nitrogens with two attached hydrogens (primary N) is 1. The third kappa shape index (κ3) is 7.07. The minimum atomic E-state index is -0.439. The SMILES string of the molecule is CN1CCN(Cc2ccc(-c3cnc(N)c(C(=O)N[C@@H]4CCN(C(=O)Oc5cccc(-c6ccccc6)c5)C4)c3)cc2)CC1. The van der Waals surface area contributed by atoms with Gasteiger partial charge >= 0.3 is 6.09 Å². The number of pyridine rings is 1. The lowest BCUT2D eigenvalue weighted by Crippen LogP contribution is -2.43. The Morgan fingerprint density at radius 3 is 2.36 bits per heavy atom. The second-order valence-electron chi connectivity index (χ2n) is 11.6. The van der Waals surface area contributed by atoms with Gasteiger partial charge in [0.05, 0.1) is 5.56 Å². The number of rotatable bonds is 7. The molecular weight excluding hydrogens is 552 g/mol. The molecule has 0 aliphatic carbocycles. The second kappa shape index (κ2) is 13.3. The fourth-order valence-electron chi connectivity index (χ4n) is 5.72. The molecule has 0 bridgehead atoms. The molecule has 2 aliphatic heterocycles. The number of anilines is 1. The number of amides is 2. The molecule has 2 fully saturated rings. The molecule has 4 aromatic rings. The first-order chi connectivity index (χ1) is 21.4. The first-order valence-corrected chi connectivity index (χ1v) is 15.1. The number of likely N-dealkylation sites (tertiary alicyclic amines) is 1. The maximum Gasteiger partial charge on any atom is 0.415 e. The van der Waals surface area contributed by atoms with Crippen LogP contribution in [-0.2, 0) is 6.54 Å². The Hall–Kier alpha value is -4.73. The molecule has 0 saturated carbocycles. The highest BCUT2D eigenvalue weighted by molar-refractivity contribution is 5.99. The summed E-state index contributed by atoms with van der Waals surface area (Å²) < 4.78 is 5.68. The topological polar surface area (TPSA) is 104 Å². The number of carbonyl (C=O) groups is 2. The summed E-state index contributed by atoms with van der Waals surface area (Å²) in [5, 5.41) is 3.03. The molecule has 3 aromatic carbocycles. The molecule has 2 aliphatic rings. The summed E-state index contributed by atoms with van der Waals surface area (Å²) in [6.07, 6.45) is 1.88. The van der Waals surface area contributed by atoms with E-state index < -0.39 is 6.09 Å². The van der Waals surface area contributed by atoms with Crippen molar-refractivity contribution in [2.75, 3.05) is 52.0 Å². The number of aromatic nitrogens is 1. The average Bonchev–Trinajstić information content (AvgIpc) is 3.52. The number of ether oxygens (including phenoxy) is 1. The maximum absolute atomic E-state index is 13.3. The molecule has 9 nitrogen and oxygen atoms in total. The molecule has 0 spiro atoms. The molecule has 9 heteroatoms. The van der Waals surface area contributed by atoms with Crippen LogP contribution in [-0.4, -0.2) is 84.0 Å². The van der Waals surface area contributed by atoms with Crippen LogP contribution in [0.25, 0.3) is 22.3 Å². The zero-order chi connectivity index (χ0) is 30.5. The van der Waals surface area contributed by atoms with Crippen molar-refractivity contribution in [2.24, 2.45) is 0 Å². The summed E-state index contributed by atoms with van der Waals surface area (Å²) in [6.45, 7) is 6.08. The highest BCUT2D eigenvalue weighted by Crippen LogP contribution is 2.26. The number of nitrogen functional groups attached to an aromatic ring is 1. The molecule has 0 unspecified atom stereocenters. The molecule has 226 valence electrons. The van der Waals surface area contributed by atoms with Gasteiger partial charge in [0, 0.05) is 63.6 Å². The van der Waals surface area contributed by atoms with Crippen LogP contribution in [0.15, 0.2) is 91.1 Å². The van der Waals surface area contributed by atoms with Crippen molar-refractivity contribution < 1.29 is 14.3 Å². The number of carbonyl (C=O) groups excluding carboxylic acids is 2. The fraction of sp³-hybridized carbons (Fsp3) is 0.286. The fourth-order valence-corrected chi connectivity index (χ4v) is 5.72. The Balaban J connectivity index is 1.04. The van der Waals surface area contributed by atoms with Gasteiger partial charge in [0.1, 0.15) is 11.6 Å². The van der Waals surface area contributed by atoms with Crippen molar-refractivity contribution in [3.05, 3.63) is 102 Å². The number of likely N-dealkylation sites (N-methyl/N-ethyl adjacent to an activating group) is 1.